The molecule has 0 spiro atoms. The highest BCUT2D eigenvalue weighted by atomic mass is 79.9. The topological polar surface area (TPSA) is 38.1 Å². The van der Waals surface area contributed by atoms with Crippen LogP contribution in [0, 0.1) is 5.92 Å². The number of aryl methyl sites for hydroxylation is 1. The Hall–Kier alpha value is -0.840. The monoisotopic (exact) mass is 313 g/mol. The molecule has 0 saturated carbocycles. The normalized spacial score (nSPS) is 20.1. The summed E-state index contributed by atoms with van der Waals surface area (Å²) in [7, 11) is 0. The van der Waals surface area contributed by atoms with Crippen LogP contribution in [0.15, 0.2) is 17.1 Å². The van der Waals surface area contributed by atoms with E-state index >= 15 is 0 Å². The minimum absolute atomic E-state index is 0.00618. The molecule has 0 aliphatic carbocycles. The molecule has 0 aromatic carbocycles. The van der Waals surface area contributed by atoms with Crippen LogP contribution in [-0.2, 0) is 6.54 Å². The average molecular weight is 314 g/mol. The number of anilines is 1. The molecule has 1 saturated heterocycles. The fraction of sp³-hybridized carbons (Fsp3) is 0.692. The number of nitrogens with zero attached hydrogens (tertiary/aromatic N) is 3. The van der Waals surface area contributed by atoms with Gasteiger partial charge >= 0.3 is 0 Å². The van der Waals surface area contributed by atoms with Crippen molar-refractivity contribution in [1.82, 2.24) is 9.78 Å². The molecule has 2 heterocycles. The zero-order valence-electron chi connectivity index (χ0n) is 10.8. The van der Waals surface area contributed by atoms with Gasteiger partial charge in [0, 0.05) is 31.0 Å². The van der Waals surface area contributed by atoms with Gasteiger partial charge in [-0.1, -0.05) is 22.9 Å². The summed E-state index contributed by atoms with van der Waals surface area (Å²) in [6.07, 6.45) is 5.24. The second-order valence-electron chi connectivity index (χ2n) is 5.01. The van der Waals surface area contributed by atoms with E-state index in [-0.39, 0.29) is 5.56 Å². The first kappa shape index (κ1) is 13.6. The summed E-state index contributed by atoms with van der Waals surface area (Å²) < 4.78 is 1.54. The Kier molecular flexibility index (Phi) is 4.80. The van der Waals surface area contributed by atoms with E-state index in [9.17, 15) is 4.79 Å². The molecule has 1 aliphatic rings. The molecule has 1 aromatic heterocycles. The molecule has 4 nitrogen and oxygen atoms in total. The van der Waals surface area contributed by atoms with E-state index in [0.29, 0.717) is 12.5 Å². The third kappa shape index (κ3) is 3.34. The Bertz CT molecular complexity index is 446. The summed E-state index contributed by atoms with van der Waals surface area (Å²) in [6.45, 7) is 5.01. The third-order valence-electron chi connectivity index (χ3n) is 3.38. The Morgan fingerprint density at radius 1 is 1.56 bits per heavy atom. The van der Waals surface area contributed by atoms with Gasteiger partial charge in [-0.3, -0.25) is 4.79 Å². The van der Waals surface area contributed by atoms with E-state index < -0.39 is 0 Å². The van der Waals surface area contributed by atoms with Crippen molar-refractivity contribution in [2.75, 3.05) is 23.3 Å². The molecule has 0 radical (unpaired) electrons. The fourth-order valence-electron chi connectivity index (χ4n) is 2.40. The van der Waals surface area contributed by atoms with Crippen LogP contribution < -0.4 is 10.5 Å². The molecule has 18 heavy (non-hydrogen) atoms. The van der Waals surface area contributed by atoms with Gasteiger partial charge in [-0.2, -0.15) is 5.10 Å². The van der Waals surface area contributed by atoms with Crippen LogP contribution in [0.25, 0.3) is 0 Å². The van der Waals surface area contributed by atoms with Crippen LogP contribution in [-0.4, -0.2) is 28.2 Å². The minimum atomic E-state index is 0.00618. The third-order valence-corrected chi connectivity index (χ3v) is 3.94. The molecule has 5 heteroatoms. The van der Waals surface area contributed by atoms with Crippen molar-refractivity contribution in [3.8, 4) is 0 Å². The van der Waals surface area contributed by atoms with E-state index in [1.807, 2.05) is 6.20 Å². The smallest absolute Gasteiger partial charge is 0.268 e. The van der Waals surface area contributed by atoms with Crippen LogP contribution in [0.1, 0.15) is 26.2 Å². The highest BCUT2D eigenvalue weighted by Crippen LogP contribution is 2.20. The molecule has 1 unspecified atom stereocenters. The van der Waals surface area contributed by atoms with Crippen LogP contribution in [0.2, 0.25) is 0 Å². The van der Waals surface area contributed by atoms with Gasteiger partial charge in [0.25, 0.3) is 5.56 Å². The van der Waals surface area contributed by atoms with E-state index in [0.717, 1.165) is 30.5 Å². The summed E-state index contributed by atoms with van der Waals surface area (Å²) >= 11 is 3.36. The van der Waals surface area contributed by atoms with E-state index in [1.54, 1.807) is 6.07 Å². The maximum atomic E-state index is 11.9. The molecular weight excluding hydrogens is 294 g/mol. The number of hydrogen-bond donors (Lipinski definition) is 0. The summed E-state index contributed by atoms with van der Waals surface area (Å²) in [6, 6.07) is 1.72. The number of rotatable bonds is 4. The maximum Gasteiger partial charge on any atom is 0.268 e. The van der Waals surface area contributed by atoms with Gasteiger partial charge < -0.3 is 4.90 Å². The molecule has 1 aliphatic heterocycles. The van der Waals surface area contributed by atoms with Gasteiger partial charge in [0.15, 0.2) is 0 Å². The fourth-order valence-corrected chi connectivity index (χ4v) is 2.65. The van der Waals surface area contributed by atoms with Gasteiger partial charge in [0.1, 0.15) is 0 Å². The Labute approximate surface area is 116 Å². The largest absolute Gasteiger partial charge is 0.370 e. The highest BCUT2D eigenvalue weighted by Gasteiger charge is 2.17. The lowest BCUT2D eigenvalue weighted by molar-refractivity contribution is 0.445. The second-order valence-corrected chi connectivity index (χ2v) is 5.80. The highest BCUT2D eigenvalue weighted by molar-refractivity contribution is 9.09. The lowest BCUT2D eigenvalue weighted by Crippen LogP contribution is -2.35. The van der Waals surface area contributed by atoms with Crippen LogP contribution in [0.3, 0.4) is 0 Å². The predicted molar refractivity (Wildman–Crippen MR) is 77.5 cm³/mol. The van der Waals surface area contributed by atoms with E-state index in [1.165, 1.54) is 17.5 Å². The molecule has 1 aromatic rings. The van der Waals surface area contributed by atoms with Gasteiger partial charge in [0.2, 0.25) is 0 Å². The van der Waals surface area contributed by atoms with Crippen LogP contribution in [0.4, 0.5) is 5.69 Å². The number of alkyl halides is 1. The summed E-state index contributed by atoms with van der Waals surface area (Å²) in [5.41, 5.74) is 0.980. The minimum Gasteiger partial charge on any atom is -0.370 e. The van der Waals surface area contributed by atoms with Crippen molar-refractivity contribution < 1.29 is 0 Å². The Balaban J connectivity index is 2.10. The average Bonchev–Trinajstić information content (AvgIpc) is 2.37. The first-order chi connectivity index (χ1) is 8.70. The Morgan fingerprint density at radius 2 is 2.39 bits per heavy atom. The Morgan fingerprint density at radius 3 is 3.06 bits per heavy atom. The molecule has 0 bridgehead atoms. The second kappa shape index (κ2) is 6.36. The van der Waals surface area contributed by atoms with Gasteiger partial charge in [-0.25, -0.2) is 4.68 Å². The number of halogens is 1. The SMILES string of the molecule is CC1CCCN(c2cnn(CCCBr)c(=O)c2)C1. The van der Waals surface area contributed by atoms with Gasteiger partial charge in [-0.05, 0) is 25.2 Å². The molecule has 100 valence electrons. The van der Waals surface area contributed by atoms with Crippen molar-refractivity contribution in [2.24, 2.45) is 5.92 Å². The standard InChI is InChI=1S/C13H20BrN3O/c1-11-4-2-6-16(10-11)12-8-13(18)17(15-9-12)7-3-5-14/h8-9,11H,2-7,10H2,1H3. The zero-order chi connectivity index (χ0) is 13.0. The lowest BCUT2D eigenvalue weighted by atomic mass is 10.00. The molecule has 2 rings (SSSR count). The molecule has 1 atom stereocenters. The molecular formula is C13H20BrN3O. The van der Waals surface area contributed by atoms with Crippen molar-refractivity contribution in [3.05, 3.63) is 22.6 Å². The van der Waals surface area contributed by atoms with E-state index in [4.69, 9.17) is 0 Å². The molecule has 0 N–H and O–H groups in total. The summed E-state index contributed by atoms with van der Waals surface area (Å²) in [5, 5.41) is 5.15. The summed E-state index contributed by atoms with van der Waals surface area (Å²) in [4.78, 5) is 14.2. The summed E-state index contributed by atoms with van der Waals surface area (Å²) in [5.74, 6) is 0.703. The van der Waals surface area contributed by atoms with Crippen LogP contribution in [0.5, 0.6) is 0 Å². The number of hydrogen-bond acceptors (Lipinski definition) is 3. The van der Waals surface area contributed by atoms with Crippen molar-refractivity contribution >= 4 is 21.6 Å². The van der Waals surface area contributed by atoms with Crippen molar-refractivity contribution in [1.29, 1.82) is 0 Å². The van der Waals surface area contributed by atoms with Crippen molar-refractivity contribution in [2.45, 2.75) is 32.7 Å². The van der Waals surface area contributed by atoms with Crippen molar-refractivity contribution in [3.63, 3.8) is 0 Å². The van der Waals surface area contributed by atoms with Crippen LogP contribution >= 0.6 is 15.9 Å². The molecule has 1 fully saturated rings. The lowest BCUT2D eigenvalue weighted by Gasteiger charge is -2.32. The van der Waals surface area contributed by atoms with E-state index in [2.05, 4.69) is 32.9 Å². The molecule has 0 amide bonds. The zero-order valence-corrected chi connectivity index (χ0v) is 12.4. The maximum absolute atomic E-state index is 11.9. The number of aromatic nitrogens is 2. The number of piperidine rings is 1. The van der Waals surface area contributed by atoms with Gasteiger partial charge in [-0.15, -0.1) is 0 Å². The predicted octanol–water partition coefficient (Wildman–Crippen LogP) is 2.26. The van der Waals surface area contributed by atoms with Gasteiger partial charge in [0.05, 0.1) is 11.9 Å². The first-order valence-corrected chi connectivity index (χ1v) is 7.71. The quantitative estimate of drug-likeness (QED) is 0.800. The first-order valence-electron chi connectivity index (χ1n) is 6.59.